The van der Waals surface area contributed by atoms with Crippen molar-refractivity contribution in [3.8, 4) is 5.88 Å². The third kappa shape index (κ3) is 3.74. The van der Waals surface area contributed by atoms with Gasteiger partial charge in [0.25, 0.3) is 0 Å². The van der Waals surface area contributed by atoms with Crippen LogP contribution in [-0.4, -0.2) is 43.8 Å². The molecule has 0 saturated heterocycles. The second-order valence-corrected chi connectivity index (χ2v) is 3.79. The molecule has 0 saturated carbocycles. The standard InChI is InChI=1S/C11H21N5O/c1-4-7-17-11-9(12)10(14-8-15-11)16(3)6-5-13-2/h8,13H,4-7,12H2,1-3H3. The van der Waals surface area contributed by atoms with Gasteiger partial charge in [-0.3, -0.25) is 0 Å². The molecule has 3 N–H and O–H groups in total. The highest BCUT2D eigenvalue weighted by atomic mass is 16.5. The largest absolute Gasteiger partial charge is 0.476 e. The van der Waals surface area contributed by atoms with Crippen molar-refractivity contribution < 1.29 is 4.74 Å². The number of hydrogen-bond acceptors (Lipinski definition) is 6. The lowest BCUT2D eigenvalue weighted by Crippen LogP contribution is -2.28. The third-order valence-corrected chi connectivity index (χ3v) is 2.33. The van der Waals surface area contributed by atoms with Gasteiger partial charge in [-0.15, -0.1) is 0 Å². The van der Waals surface area contributed by atoms with Crippen molar-refractivity contribution in [1.82, 2.24) is 15.3 Å². The van der Waals surface area contributed by atoms with E-state index in [-0.39, 0.29) is 0 Å². The highest BCUT2D eigenvalue weighted by molar-refractivity contribution is 5.67. The fraction of sp³-hybridized carbons (Fsp3) is 0.636. The predicted molar refractivity (Wildman–Crippen MR) is 69.4 cm³/mol. The molecule has 0 atom stereocenters. The smallest absolute Gasteiger partial charge is 0.242 e. The van der Waals surface area contributed by atoms with Crippen LogP contribution in [0, 0.1) is 0 Å². The van der Waals surface area contributed by atoms with Gasteiger partial charge in [-0.1, -0.05) is 6.92 Å². The van der Waals surface area contributed by atoms with E-state index in [1.807, 2.05) is 25.9 Å². The number of ether oxygens (including phenoxy) is 1. The summed E-state index contributed by atoms with van der Waals surface area (Å²) in [6, 6.07) is 0. The first-order valence-corrected chi connectivity index (χ1v) is 5.79. The van der Waals surface area contributed by atoms with E-state index in [1.165, 1.54) is 6.33 Å². The summed E-state index contributed by atoms with van der Waals surface area (Å²) in [7, 11) is 3.85. The molecule has 0 aliphatic rings. The van der Waals surface area contributed by atoms with E-state index >= 15 is 0 Å². The Morgan fingerprint density at radius 2 is 2.24 bits per heavy atom. The Morgan fingerprint density at radius 1 is 1.47 bits per heavy atom. The zero-order valence-corrected chi connectivity index (χ0v) is 10.7. The number of nitrogens with two attached hydrogens (primary N) is 1. The quantitative estimate of drug-likeness (QED) is 0.721. The molecular formula is C11H21N5O. The zero-order chi connectivity index (χ0) is 12.7. The monoisotopic (exact) mass is 239 g/mol. The molecule has 0 radical (unpaired) electrons. The molecule has 96 valence electrons. The van der Waals surface area contributed by atoms with Crippen molar-refractivity contribution in [2.45, 2.75) is 13.3 Å². The number of rotatable bonds is 7. The first-order valence-electron chi connectivity index (χ1n) is 5.79. The molecule has 0 fully saturated rings. The maximum atomic E-state index is 5.98. The first kappa shape index (κ1) is 13.5. The first-order chi connectivity index (χ1) is 8.20. The van der Waals surface area contributed by atoms with Crippen LogP contribution < -0.4 is 20.7 Å². The molecule has 17 heavy (non-hydrogen) atoms. The molecule has 6 nitrogen and oxygen atoms in total. The molecule has 0 aromatic carbocycles. The normalized spacial score (nSPS) is 10.3. The van der Waals surface area contributed by atoms with E-state index in [0.29, 0.717) is 24.0 Å². The fourth-order valence-electron chi connectivity index (χ4n) is 1.37. The van der Waals surface area contributed by atoms with Crippen LogP contribution in [0.3, 0.4) is 0 Å². The molecule has 1 aromatic heterocycles. The van der Waals surface area contributed by atoms with E-state index in [9.17, 15) is 0 Å². The second-order valence-electron chi connectivity index (χ2n) is 3.79. The molecular weight excluding hydrogens is 218 g/mol. The fourth-order valence-corrected chi connectivity index (χ4v) is 1.37. The van der Waals surface area contributed by atoms with Gasteiger partial charge in [0.15, 0.2) is 5.82 Å². The summed E-state index contributed by atoms with van der Waals surface area (Å²) in [6.45, 7) is 4.34. The molecule has 0 unspecified atom stereocenters. The molecule has 0 aliphatic heterocycles. The summed E-state index contributed by atoms with van der Waals surface area (Å²) in [5.74, 6) is 1.18. The van der Waals surface area contributed by atoms with Gasteiger partial charge in [0, 0.05) is 20.1 Å². The van der Waals surface area contributed by atoms with Crippen molar-refractivity contribution in [2.24, 2.45) is 0 Å². The Kier molecular flexibility index (Phi) is 5.48. The summed E-state index contributed by atoms with van der Waals surface area (Å²) in [5.41, 5.74) is 6.48. The van der Waals surface area contributed by atoms with Crippen molar-refractivity contribution >= 4 is 11.5 Å². The van der Waals surface area contributed by atoms with E-state index in [0.717, 1.165) is 19.5 Å². The van der Waals surface area contributed by atoms with E-state index in [1.54, 1.807) is 0 Å². The van der Waals surface area contributed by atoms with E-state index < -0.39 is 0 Å². The van der Waals surface area contributed by atoms with Crippen LogP contribution in [0.5, 0.6) is 5.88 Å². The Balaban J connectivity index is 2.78. The van der Waals surface area contributed by atoms with Gasteiger partial charge in [0.2, 0.25) is 5.88 Å². The van der Waals surface area contributed by atoms with Crippen LogP contribution >= 0.6 is 0 Å². The number of anilines is 2. The third-order valence-electron chi connectivity index (χ3n) is 2.33. The summed E-state index contributed by atoms with van der Waals surface area (Å²) in [4.78, 5) is 10.2. The average molecular weight is 239 g/mol. The Morgan fingerprint density at radius 3 is 2.88 bits per heavy atom. The highest BCUT2D eigenvalue weighted by Gasteiger charge is 2.12. The van der Waals surface area contributed by atoms with E-state index in [4.69, 9.17) is 10.5 Å². The molecule has 1 aromatic rings. The van der Waals surface area contributed by atoms with Crippen LogP contribution in [-0.2, 0) is 0 Å². The van der Waals surface area contributed by atoms with Crippen LogP contribution in [0.1, 0.15) is 13.3 Å². The number of nitrogen functional groups attached to an aromatic ring is 1. The lowest BCUT2D eigenvalue weighted by atomic mass is 10.4. The lowest BCUT2D eigenvalue weighted by molar-refractivity contribution is 0.306. The summed E-state index contributed by atoms with van der Waals surface area (Å²) in [6.07, 6.45) is 2.40. The van der Waals surface area contributed by atoms with E-state index in [2.05, 4.69) is 15.3 Å². The summed E-state index contributed by atoms with van der Waals surface area (Å²) < 4.78 is 5.46. The second kappa shape index (κ2) is 6.90. The maximum absolute atomic E-state index is 5.98. The van der Waals surface area contributed by atoms with Gasteiger partial charge in [-0.05, 0) is 13.5 Å². The molecule has 0 amide bonds. The SMILES string of the molecule is CCCOc1ncnc(N(C)CCNC)c1N. The number of likely N-dealkylation sites (N-methyl/N-ethyl adjacent to an activating group) is 2. The Labute approximate surface area is 102 Å². The van der Waals surface area contributed by atoms with Gasteiger partial charge in [-0.2, -0.15) is 4.98 Å². The number of aromatic nitrogens is 2. The van der Waals surface area contributed by atoms with Gasteiger partial charge in [0.05, 0.1) is 6.61 Å². The summed E-state index contributed by atoms with van der Waals surface area (Å²) >= 11 is 0. The van der Waals surface area contributed by atoms with Crippen molar-refractivity contribution in [3.63, 3.8) is 0 Å². The lowest BCUT2D eigenvalue weighted by Gasteiger charge is -2.20. The summed E-state index contributed by atoms with van der Waals surface area (Å²) in [5, 5.41) is 3.08. The van der Waals surface area contributed by atoms with Gasteiger partial charge in [-0.25, -0.2) is 4.98 Å². The average Bonchev–Trinajstić information content (AvgIpc) is 2.34. The minimum Gasteiger partial charge on any atom is -0.476 e. The van der Waals surface area contributed by atoms with Crippen LogP contribution in [0.2, 0.25) is 0 Å². The maximum Gasteiger partial charge on any atom is 0.242 e. The molecule has 0 spiro atoms. The topological polar surface area (TPSA) is 76.3 Å². The Hall–Kier alpha value is -1.56. The van der Waals surface area contributed by atoms with Crippen LogP contribution in [0.15, 0.2) is 6.33 Å². The van der Waals surface area contributed by atoms with Gasteiger partial charge < -0.3 is 20.7 Å². The molecule has 0 aliphatic carbocycles. The minimum absolute atomic E-state index is 0.466. The molecule has 6 heteroatoms. The molecule has 0 bridgehead atoms. The zero-order valence-electron chi connectivity index (χ0n) is 10.7. The van der Waals surface area contributed by atoms with Crippen LogP contribution in [0.25, 0.3) is 0 Å². The number of nitrogens with one attached hydrogen (secondary N) is 1. The van der Waals surface area contributed by atoms with Gasteiger partial charge in [0.1, 0.15) is 12.0 Å². The van der Waals surface area contributed by atoms with Gasteiger partial charge >= 0.3 is 0 Å². The van der Waals surface area contributed by atoms with Crippen molar-refractivity contribution in [1.29, 1.82) is 0 Å². The van der Waals surface area contributed by atoms with Crippen molar-refractivity contribution in [2.75, 3.05) is 44.4 Å². The van der Waals surface area contributed by atoms with Crippen LogP contribution in [0.4, 0.5) is 11.5 Å². The minimum atomic E-state index is 0.466. The predicted octanol–water partition coefficient (Wildman–Crippen LogP) is 0.503. The number of hydrogen-bond donors (Lipinski definition) is 2. The molecule has 1 rings (SSSR count). The Bertz CT molecular complexity index is 345. The van der Waals surface area contributed by atoms with Crippen molar-refractivity contribution in [3.05, 3.63) is 6.33 Å². The molecule has 1 heterocycles. The number of nitrogens with zero attached hydrogens (tertiary/aromatic N) is 3. The highest BCUT2D eigenvalue weighted by Crippen LogP contribution is 2.26.